The van der Waals surface area contributed by atoms with Crippen LogP contribution in [0.25, 0.3) is 11.1 Å². The van der Waals surface area contributed by atoms with Crippen molar-refractivity contribution in [2.75, 3.05) is 18.5 Å². The second-order valence-electron chi connectivity index (χ2n) is 5.35. The molecule has 0 saturated carbocycles. The quantitative estimate of drug-likeness (QED) is 0.792. The van der Waals surface area contributed by atoms with Crippen molar-refractivity contribution in [2.24, 2.45) is 0 Å². The summed E-state index contributed by atoms with van der Waals surface area (Å²) < 4.78 is 0. The van der Waals surface area contributed by atoms with Crippen LogP contribution in [0.1, 0.15) is 23.2 Å². The first-order valence-corrected chi connectivity index (χ1v) is 6.90. The third-order valence-electron chi connectivity index (χ3n) is 3.91. The van der Waals surface area contributed by atoms with Crippen molar-refractivity contribution < 1.29 is 0 Å². The van der Waals surface area contributed by atoms with Gasteiger partial charge in [-0.3, -0.25) is 4.98 Å². The van der Waals surface area contributed by atoms with Gasteiger partial charge in [0.05, 0.1) is 11.6 Å². The zero-order valence-corrected chi connectivity index (χ0v) is 11.8. The summed E-state index contributed by atoms with van der Waals surface area (Å²) >= 11 is 0. The van der Waals surface area contributed by atoms with Crippen LogP contribution in [0.5, 0.6) is 0 Å². The Labute approximate surface area is 119 Å². The molecule has 0 saturated heterocycles. The van der Waals surface area contributed by atoms with Gasteiger partial charge in [-0.25, -0.2) is 0 Å². The molecule has 0 radical (unpaired) electrons. The number of aromatic nitrogens is 1. The van der Waals surface area contributed by atoms with Crippen LogP contribution in [0.2, 0.25) is 0 Å². The number of aryl methyl sites for hydroxylation is 2. The van der Waals surface area contributed by atoms with Crippen molar-refractivity contribution in [1.29, 1.82) is 5.26 Å². The minimum atomic E-state index is 0.725. The Kier molecular flexibility index (Phi) is 3.15. The molecule has 3 nitrogen and oxygen atoms in total. The molecule has 0 atom stereocenters. The number of benzene rings is 1. The maximum absolute atomic E-state index is 9.43. The molecule has 0 unspecified atom stereocenters. The maximum atomic E-state index is 9.43. The molecule has 0 bridgehead atoms. The average Bonchev–Trinajstić information content (AvgIpc) is 2.47. The van der Waals surface area contributed by atoms with Gasteiger partial charge in [-0.1, -0.05) is 6.07 Å². The molecule has 1 aliphatic rings. The van der Waals surface area contributed by atoms with Crippen LogP contribution in [0.3, 0.4) is 0 Å². The normalized spacial score (nSPS) is 13.8. The number of anilines is 1. The van der Waals surface area contributed by atoms with Gasteiger partial charge in [0.1, 0.15) is 0 Å². The molecule has 1 aliphatic heterocycles. The molecule has 2 heterocycles. The topological polar surface area (TPSA) is 39.9 Å². The summed E-state index contributed by atoms with van der Waals surface area (Å²) in [6.45, 7) is 3.03. The highest BCUT2D eigenvalue weighted by molar-refractivity contribution is 5.75. The monoisotopic (exact) mass is 263 g/mol. The molecular weight excluding hydrogens is 246 g/mol. The fraction of sp³-hybridized carbons (Fsp3) is 0.294. The number of rotatable bonds is 1. The van der Waals surface area contributed by atoms with Crippen molar-refractivity contribution >= 4 is 5.69 Å². The van der Waals surface area contributed by atoms with Crippen LogP contribution < -0.4 is 4.90 Å². The summed E-state index contributed by atoms with van der Waals surface area (Å²) in [5.41, 5.74) is 6.25. The molecule has 3 heteroatoms. The van der Waals surface area contributed by atoms with Gasteiger partial charge in [0.15, 0.2) is 0 Å². The fourth-order valence-corrected chi connectivity index (χ4v) is 2.77. The summed E-state index contributed by atoms with van der Waals surface area (Å²) in [4.78, 5) is 6.57. The third-order valence-corrected chi connectivity index (χ3v) is 3.91. The fourth-order valence-electron chi connectivity index (χ4n) is 2.77. The largest absolute Gasteiger partial charge is 0.374 e. The maximum Gasteiger partial charge on any atom is 0.0998 e. The molecule has 2 aromatic rings. The molecule has 0 spiro atoms. The zero-order chi connectivity index (χ0) is 14.1. The highest BCUT2D eigenvalue weighted by Gasteiger charge is 2.17. The van der Waals surface area contributed by atoms with Crippen LogP contribution in [-0.2, 0) is 6.42 Å². The number of fused-ring (bicyclic) bond motifs is 1. The lowest BCUT2D eigenvalue weighted by molar-refractivity contribution is 0.744. The van der Waals surface area contributed by atoms with Crippen molar-refractivity contribution in [3.63, 3.8) is 0 Å². The van der Waals surface area contributed by atoms with E-state index in [0.717, 1.165) is 35.3 Å². The van der Waals surface area contributed by atoms with Crippen molar-refractivity contribution in [2.45, 2.75) is 19.8 Å². The Morgan fingerprint density at radius 1 is 1.30 bits per heavy atom. The predicted molar refractivity (Wildman–Crippen MR) is 80.7 cm³/mol. The van der Waals surface area contributed by atoms with E-state index in [-0.39, 0.29) is 0 Å². The molecule has 20 heavy (non-hydrogen) atoms. The number of hydrogen-bond acceptors (Lipinski definition) is 3. The number of nitriles is 1. The van der Waals surface area contributed by atoms with Gasteiger partial charge >= 0.3 is 0 Å². The number of hydrogen-bond donors (Lipinski definition) is 0. The Hall–Kier alpha value is -2.34. The lowest BCUT2D eigenvalue weighted by atomic mass is 9.93. The summed E-state index contributed by atoms with van der Waals surface area (Å²) in [5.74, 6) is 0. The van der Waals surface area contributed by atoms with E-state index in [9.17, 15) is 5.26 Å². The number of nitrogens with zero attached hydrogens (tertiary/aromatic N) is 3. The summed E-state index contributed by atoms with van der Waals surface area (Å²) in [6, 6.07) is 10.5. The molecule has 100 valence electrons. The minimum Gasteiger partial charge on any atom is -0.374 e. The second-order valence-corrected chi connectivity index (χ2v) is 5.35. The molecule has 1 aromatic heterocycles. The molecule has 0 fully saturated rings. The third kappa shape index (κ3) is 2.14. The molecule has 0 amide bonds. The van der Waals surface area contributed by atoms with E-state index in [1.807, 2.05) is 31.3 Å². The Bertz CT molecular complexity index is 681. The smallest absolute Gasteiger partial charge is 0.0998 e. The standard InChI is InChI=1S/C17H17N3/c1-12-5-6-14(11-19-12)16-8-13-4-3-7-20(2)17(13)9-15(16)10-18/h5-6,8-9,11H,3-4,7H2,1-2H3. The first kappa shape index (κ1) is 12.7. The summed E-state index contributed by atoms with van der Waals surface area (Å²) in [5, 5.41) is 9.43. The van der Waals surface area contributed by atoms with Crippen LogP contribution in [0.4, 0.5) is 5.69 Å². The van der Waals surface area contributed by atoms with Gasteiger partial charge in [0.2, 0.25) is 0 Å². The van der Waals surface area contributed by atoms with Crippen LogP contribution in [0, 0.1) is 18.3 Å². The molecular formula is C17H17N3. The van der Waals surface area contributed by atoms with E-state index in [4.69, 9.17) is 0 Å². The lowest BCUT2D eigenvalue weighted by Gasteiger charge is -2.28. The van der Waals surface area contributed by atoms with Gasteiger partial charge in [-0.2, -0.15) is 5.26 Å². The van der Waals surface area contributed by atoms with Crippen molar-refractivity contribution in [1.82, 2.24) is 4.98 Å². The first-order valence-electron chi connectivity index (χ1n) is 6.90. The van der Waals surface area contributed by atoms with Crippen molar-refractivity contribution in [3.8, 4) is 17.2 Å². The summed E-state index contributed by atoms with van der Waals surface area (Å²) in [7, 11) is 2.09. The number of pyridine rings is 1. The predicted octanol–water partition coefficient (Wildman–Crippen LogP) is 3.31. The Morgan fingerprint density at radius 2 is 2.15 bits per heavy atom. The molecule has 1 aromatic carbocycles. The van der Waals surface area contributed by atoms with Gasteiger partial charge in [0, 0.05) is 42.3 Å². The van der Waals surface area contributed by atoms with Gasteiger partial charge in [0.25, 0.3) is 0 Å². The van der Waals surface area contributed by atoms with Crippen LogP contribution >= 0.6 is 0 Å². The van der Waals surface area contributed by atoms with Gasteiger partial charge in [-0.15, -0.1) is 0 Å². The highest BCUT2D eigenvalue weighted by Crippen LogP contribution is 2.33. The van der Waals surface area contributed by atoms with E-state index in [1.54, 1.807) is 0 Å². The Morgan fingerprint density at radius 3 is 2.85 bits per heavy atom. The zero-order valence-electron chi connectivity index (χ0n) is 11.8. The highest BCUT2D eigenvalue weighted by atomic mass is 15.1. The van der Waals surface area contributed by atoms with E-state index < -0.39 is 0 Å². The average molecular weight is 263 g/mol. The van der Waals surface area contributed by atoms with Crippen molar-refractivity contribution in [3.05, 3.63) is 47.3 Å². The molecule has 3 rings (SSSR count). The molecule has 0 N–H and O–H groups in total. The second kappa shape index (κ2) is 4.97. The molecule has 0 aliphatic carbocycles. The SMILES string of the molecule is Cc1ccc(-c2cc3c(cc2C#N)N(C)CCC3)cn1. The van der Waals surface area contributed by atoms with Gasteiger partial charge in [-0.05, 0) is 43.5 Å². The van der Waals surface area contributed by atoms with Crippen LogP contribution in [-0.4, -0.2) is 18.6 Å². The van der Waals surface area contributed by atoms with Gasteiger partial charge < -0.3 is 4.90 Å². The summed E-state index contributed by atoms with van der Waals surface area (Å²) in [6.07, 6.45) is 4.10. The lowest BCUT2D eigenvalue weighted by Crippen LogP contribution is -2.24. The van der Waals surface area contributed by atoms with E-state index >= 15 is 0 Å². The minimum absolute atomic E-state index is 0.725. The van der Waals surface area contributed by atoms with E-state index in [1.165, 1.54) is 17.7 Å². The van der Waals surface area contributed by atoms with E-state index in [0.29, 0.717) is 0 Å². The van der Waals surface area contributed by atoms with E-state index in [2.05, 4.69) is 29.1 Å². The first-order chi connectivity index (χ1) is 9.69. The Balaban J connectivity index is 2.16. The van der Waals surface area contributed by atoms with Crippen LogP contribution in [0.15, 0.2) is 30.5 Å².